The molecule has 0 saturated carbocycles. The number of halogens is 5. The van der Waals surface area contributed by atoms with Crippen LogP contribution in [0.3, 0.4) is 0 Å². The Balaban J connectivity index is 1.75. The lowest BCUT2D eigenvalue weighted by atomic mass is 10.3. The molecule has 0 radical (unpaired) electrons. The Bertz CT molecular complexity index is 1060. The Morgan fingerprint density at radius 3 is 2.67 bits per heavy atom. The van der Waals surface area contributed by atoms with E-state index >= 15 is 0 Å². The van der Waals surface area contributed by atoms with Gasteiger partial charge in [-0.15, -0.1) is 0 Å². The summed E-state index contributed by atoms with van der Waals surface area (Å²) in [5, 5.41) is 5.18. The molecule has 0 atom stereocenters. The lowest BCUT2D eigenvalue weighted by Crippen LogP contribution is -2.21. The highest BCUT2D eigenvalue weighted by Gasteiger charge is 2.29. The van der Waals surface area contributed by atoms with Gasteiger partial charge in [-0.2, -0.15) is 13.2 Å². The van der Waals surface area contributed by atoms with Crippen LogP contribution in [0.15, 0.2) is 48.9 Å². The molecule has 3 aromatic rings. The first-order valence-electron chi connectivity index (χ1n) is 8.21. The minimum atomic E-state index is -4.55. The van der Waals surface area contributed by atoms with Crippen LogP contribution in [0.5, 0.6) is 5.75 Å². The number of benzene rings is 1. The van der Waals surface area contributed by atoms with Gasteiger partial charge in [-0.1, -0.05) is 11.6 Å². The molecule has 0 saturated heterocycles. The number of pyridine rings is 1. The summed E-state index contributed by atoms with van der Waals surface area (Å²) in [5.41, 5.74) is -0.178. The Kier molecular flexibility index (Phi) is 6.31. The number of rotatable bonds is 6. The zero-order valence-corrected chi connectivity index (χ0v) is 15.6. The molecule has 3 rings (SSSR count). The molecular formula is C18H12ClF4N5O2. The predicted molar refractivity (Wildman–Crippen MR) is 100 cm³/mol. The summed E-state index contributed by atoms with van der Waals surface area (Å²) in [6.07, 6.45) is -0.946. The number of aromatic nitrogens is 3. The van der Waals surface area contributed by atoms with E-state index in [0.717, 1.165) is 12.3 Å². The Hall–Kier alpha value is -3.47. The second-order valence-electron chi connectivity index (χ2n) is 5.74. The number of ether oxygens (including phenoxy) is 1. The van der Waals surface area contributed by atoms with Crippen molar-refractivity contribution in [2.24, 2.45) is 0 Å². The molecule has 30 heavy (non-hydrogen) atoms. The standard InChI is InChI=1S/C18H12ClF4N5O2/c19-10-1-2-12(11(20)7-10)27-17-25-6-3-13(28-17)16(29)26-14-8-24-5-4-15(14)30-9-18(21,22)23/h1-8H,9H2,(H,26,29)(H,25,27,28). The molecule has 12 heteroatoms. The van der Waals surface area contributed by atoms with Crippen molar-refractivity contribution in [1.29, 1.82) is 0 Å². The molecule has 0 bridgehead atoms. The lowest BCUT2D eigenvalue weighted by Gasteiger charge is -2.13. The van der Waals surface area contributed by atoms with Crippen LogP contribution in [0.2, 0.25) is 5.02 Å². The SMILES string of the molecule is O=C(Nc1cnccc1OCC(F)(F)F)c1ccnc(Nc2ccc(Cl)cc2F)n1. The number of nitrogens with one attached hydrogen (secondary N) is 2. The summed E-state index contributed by atoms with van der Waals surface area (Å²) < 4.78 is 55.8. The largest absolute Gasteiger partial charge is 0.482 e. The van der Waals surface area contributed by atoms with E-state index < -0.39 is 24.5 Å². The van der Waals surface area contributed by atoms with Crippen LogP contribution in [0, 0.1) is 5.82 Å². The summed E-state index contributed by atoms with van der Waals surface area (Å²) in [4.78, 5) is 24.1. The second-order valence-corrected chi connectivity index (χ2v) is 6.18. The molecule has 2 heterocycles. The highest BCUT2D eigenvalue weighted by Crippen LogP contribution is 2.26. The van der Waals surface area contributed by atoms with Gasteiger partial charge in [0, 0.05) is 23.5 Å². The second kappa shape index (κ2) is 8.91. The van der Waals surface area contributed by atoms with Gasteiger partial charge in [0.25, 0.3) is 5.91 Å². The number of hydrogen-bond donors (Lipinski definition) is 2. The molecule has 2 aromatic heterocycles. The monoisotopic (exact) mass is 441 g/mol. The van der Waals surface area contributed by atoms with E-state index in [-0.39, 0.29) is 33.8 Å². The Morgan fingerprint density at radius 2 is 1.93 bits per heavy atom. The fourth-order valence-electron chi connectivity index (χ4n) is 2.20. The van der Waals surface area contributed by atoms with Gasteiger partial charge < -0.3 is 15.4 Å². The number of amides is 1. The molecule has 156 valence electrons. The molecule has 1 amide bonds. The molecule has 0 aliphatic rings. The fourth-order valence-corrected chi connectivity index (χ4v) is 2.36. The summed E-state index contributed by atoms with van der Waals surface area (Å²) in [5.74, 6) is -1.71. The molecule has 0 spiro atoms. The van der Waals surface area contributed by atoms with Crippen LogP contribution >= 0.6 is 11.6 Å². The summed E-state index contributed by atoms with van der Waals surface area (Å²) in [7, 11) is 0. The highest BCUT2D eigenvalue weighted by molar-refractivity contribution is 6.30. The van der Waals surface area contributed by atoms with Gasteiger partial charge in [-0.25, -0.2) is 14.4 Å². The molecule has 0 fully saturated rings. The minimum Gasteiger partial charge on any atom is -0.482 e. The maximum absolute atomic E-state index is 13.9. The van der Waals surface area contributed by atoms with Crippen LogP contribution in [0.4, 0.5) is 34.9 Å². The number of carbonyl (C=O) groups excluding carboxylic acids is 1. The number of carbonyl (C=O) groups is 1. The maximum atomic E-state index is 13.9. The molecule has 1 aromatic carbocycles. The Labute approximate surface area is 172 Å². The fraction of sp³-hybridized carbons (Fsp3) is 0.111. The highest BCUT2D eigenvalue weighted by atomic mass is 35.5. The summed E-state index contributed by atoms with van der Waals surface area (Å²) >= 11 is 5.69. The number of hydrogen-bond acceptors (Lipinski definition) is 6. The van der Waals surface area contributed by atoms with Gasteiger partial charge in [0.1, 0.15) is 22.9 Å². The number of anilines is 3. The molecule has 0 aliphatic carbocycles. The molecule has 0 unspecified atom stereocenters. The predicted octanol–water partition coefficient (Wildman–Crippen LogP) is 4.60. The summed E-state index contributed by atoms with van der Waals surface area (Å²) in [6, 6.07) is 6.36. The first kappa shape index (κ1) is 21.2. The number of alkyl halides is 3. The molecule has 7 nitrogen and oxygen atoms in total. The van der Waals surface area contributed by atoms with E-state index in [0.29, 0.717) is 0 Å². The van der Waals surface area contributed by atoms with Crippen LogP contribution in [0.1, 0.15) is 10.5 Å². The third-order valence-electron chi connectivity index (χ3n) is 3.49. The zero-order valence-electron chi connectivity index (χ0n) is 14.9. The lowest BCUT2D eigenvalue weighted by molar-refractivity contribution is -0.153. The van der Waals surface area contributed by atoms with E-state index in [1.54, 1.807) is 0 Å². The van der Waals surface area contributed by atoms with Gasteiger partial charge in [0.2, 0.25) is 5.95 Å². The van der Waals surface area contributed by atoms with Crippen molar-refractivity contribution in [3.05, 3.63) is 65.5 Å². The topological polar surface area (TPSA) is 89.0 Å². The van der Waals surface area contributed by atoms with Crippen LogP contribution in [-0.2, 0) is 0 Å². The normalized spacial score (nSPS) is 11.1. The van der Waals surface area contributed by atoms with E-state index in [1.807, 2.05) is 0 Å². The van der Waals surface area contributed by atoms with Crippen molar-refractivity contribution in [3.8, 4) is 5.75 Å². The van der Waals surface area contributed by atoms with Gasteiger partial charge in [0.05, 0.1) is 11.9 Å². The first-order chi connectivity index (χ1) is 14.2. The van der Waals surface area contributed by atoms with Crippen molar-refractivity contribution < 1.29 is 27.1 Å². The third kappa shape index (κ3) is 5.77. The van der Waals surface area contributed by atoms with Crippen LogP contribution in [-0.4, -0.2) is 33.6 Å². The summed E-state index contributed by atoms with van der Waals surface area (Å²) in [6.45, 7) is -1.53. The average Bonchev–Trinajstić information content (AvgIpc) is 2.69. The van der Waals surface area contributed by atoms with Gasteiger partial charge in [0.15, 0.2) is 6.61 Å². The van der Waals surface area contributed by atoms with E-state index in [1.165, 1.54) is 36.7 Å². The van der Waals surface area contributed by atoms with Crippen LogP contribution < -0.4 is 15.4 Å². The molecule has 0 aliphatic heterocycles. The Morgan fingerprint density at radius 1 is 1.13 bits per heavy atom. The van der Waals surface area contributed by atoms with Crippen molar-refractivity contribution >= 4 is 34.8 Å². The average molecular weight is 442 g/mol. The van der Waals surface area contributed by atoms with E-state index in [9.17, 15) is 22.4 Å². The molecular weight excluding hydrogens is 430 g/mol. The van der Waals surface area contributed by atoms with E-state index in [2.05, 4.69) is 30.3 Å². The van der Waals surface area contributed by atoms with E-state index in [4.69, 9.17) is 11.6 Å². The van der Waals surface area contributed by atoms with Gasteiger partial charge >= 0.3 is 6.18 Å². The van der Waals surface area contributed by atoms with Crippen molar-refractivity contribution in [1.82, 2.24) is 15.0 Å². The smallest absolute Gasteiger partial charge is 0.422 e. The van der Waals surface area contributed by atoms with Gasteiger partial charge in [-0.3, -0.25) is 9.78 Å². The first-order valence-corrected chi connectivity index (χ1v) is 8.59. The third-order valence-corrected chi connectivity index (χ3v) is 3.72. The minimum absolute atomic E-state index is 0.0343. The quantitative estimate of drug-likeness (QED) is 0.543. The maximum Gasteiger partial charge on any atom is 0.422 e. The van der Waals surface area contributed by atoms with Crippen LogP contribution in [0.25, 0.3) is 0 Å². The van der Waals surface area contributed by atoms with Crippen molar-refractivity contribution in [3.63, 3.8) is 0 Å². The van der Waals surface area contributed by atoms with Crippen molar-refractivity contribution in [2.75, 3.05) is 17.2 Å². The zero-order chi connectivity index (χ0) is 21.7. The van der Waals surface area contributed by atoms with Gasteiger partial charge in [-0.05, 0) is 24.3 Å². The van der Waals surface area contributed by atoms with Crippen molar-refractivity contribution in [2.45, 2.75) is 6.18 Å². The molecule has 2 N–H and O–H groups in total. The number of nitrogens with zero attached hydrogens (tertiary/aromatic N) is 3.